The van der Waals surface area contributed by atoms with Gasteiger partial charge in [-0.15, -0.1) is 0 Å². The van der Waals surface area contributed by atoms with Crippen LogP contribution in [0.4, 0.5) is 5.95 Å². The van der Waals surface area contributed by atoms with Gasteiger partial charge in [-0.25, -0.2) is 9.97 Å². The maximum absolute atomic E-state index is 4.26. The molecule has 0 spiro atoms. The topological polar surface area (TPSA) is 32.3 Å². The molecule has 1 aliphatic heterocycles. The lowest BCUT2D eigenvalue weighted by Gasteiger charge is -2.34. The first kappa shape index (κ1) is 10.4. The molecule has 2 heterocycles. The predicted octanol–water partition coefficient (Wildman–Crippen LogP) is 0.823. The molecule has 15 heavy (non-hydrogen) atoms. The zero-order chi connectivity index (χ0) is 10.5. The van der Waals surface area contributed by atoms with E-state index in [0.717, 1.165) is 38.7 Å². The Labute approximate surface area is 90.9 Å². The van der Waals surface area contributed by atoms with Crippen molar-refractivity contribution in [2.45, 2.75) is 6.92 Å². The minimum Gasteiger partial charge on any atom is -0.338 e. The van der Waals surface area contributed by atoms with Crippen molar-refractivity contribution in [3.63, 3.8) is 0 Å². The summed E-state index contributed by atoms with van der Waals surface area (Å²) in [7, 11) is 0. The second-order valence-corrected chi connectivity index (χ2v) is 3.74. The SMILES string of the molecule is C[CH]CN1CCN(c2ncccn2)CC1. The van der Waals surface area contributed by atoms with Crippen molar-refractivity contribution in [2.24, 2.45) is 0 Å². The highest BCUT2D eigenvalue weighted by Crippen LogP contribution is 2.09. The third kappa shape index (κ3) is 2.65. The Morgan fingerprint density at radius 2 is 1.87 bits per heavy atom. The van der Waals surface area contributed by atoms with Crippen molar-refractivity contribution in [3.05, 3.63) is 24.9 Å². The zero-order valence-corrected chi connectivity index (χ0v) is 9.13. The van der Waals surface area contributed by atoms with Gasteiger partial charge in [0.25, 0.3) is 0 Å². The van der Waals surface area contributed by atoms with Gasteiger partial charge in [0.15, 0.2) is 0 Å². The molecule has 1 aliphatic rings. The van der Waals surface area contributed by atoms with Crippen LogP contribution in [0.3, 0.4) is 0 Å². The van der Waals surface area contributed by atoms with E-state index in [1.807, 2.05) is 6.07 Å². The standard InChI is InChI=1S/C11H17N4/c1-2-6-14-7-9-15(10-8-14)11-12-4-3-5-13-11/h2-5H,6-10H2,1H3. The van der Waals surface area contributed by atoms with Gasteiger partial charge in [-0.3, -0.25) is 4.90 Å². The molecule has 1 saturated heterocycles. The molecule has 0 unspecified atom stereocenters. The van der Waals surface area contributed by atoms with Gasteiger partial charge in [-0.2, -0.15) is 0 Å². The maximum atomic E-state index is 4.26. The van der Waals surface area contributed by atoms with E-state index in [4.69, 9.17) is 0 Å². The fourth-order valence-electron chi connectivity index (χ4n) is 1.84. The molecule has 0 atom stereocenters. The molecular formula is C11H17N4. The molecule has 4 heteroatoms. The van der Waals surface area contributed by atoms with Crippen LogP contribution in [0, 0.1) is 6.42 Å². The van der Waals surface area contributed by atoms with Crippen LogP contribution in [0.25, 0.3) is 0 Å². The Morgan fingerprint density at radius 3 is 2.47 bits per heavy atom. The average Bonchev–Trinajstić information content (AvgIpc) is 2.32. The first-order chi connectivity index (χ1) is 7.40. The first-order valence-corrected chi connectivity index (χ1v) is 5.42. The van der Waals surface area contributed by atoms with E-state index in [0.29, 0.717) is 0 Å². The van der Waals surface area contributed by atoms with E-state index in [1.54, 1.807) is 12.4 Å². The maximum Gasteiger partial charge on any atom is 0.225 e. The minimum absolute atomic E-state index is 0.859. The van der Waals surface area contributed by atoms with Crippen molar-refractivity contribution >= 4 is 5.95 Å². The zero-order valence-electron chi connectivity index (χ0n) is 9.13. The summed E-state index contributed by atoms with van der Waals surface area (Å²) in [6.45, 7) is 7.44. The second kappa shape index (κ2) is 5.07. The van der Waals surface area contributed by atoms with E-state index in [-0.39, 0.29) is 0 Å². The normalized spacial score (nSPS) is 18.1. The number of rotatable bonds is 3. The van der Waals surface area contributed by atoms with E-state index in [1.165, 1.54) is 0 Å². The number of aromatic nitrogens is 2. The highest BCUT2D eigenvalue weighted by atomic mass is 15.3. The molecule has 1 fully saturated rings. The molecule has 0 saturated carbocycles. The van der Waals surface area contributed by atoms with Crippen LogP contribution < -0.4 is 4.90 Å². The van der Waals surface area contributed by atoms with Gasteiger partial charge in [0.2, 0.25) is 5.95 Å². The van der Waals surface area contributed by atoms with Crippen LogP contribution in [0.15, 0.2) is 18.5 Å². The molecule has 2 rings (SSSR count). The quantitative estimate of drug-likeness (QED) is 0.731. The van der Waals surface area contributed by atoms with E-state index >= 15 is 0 Å². The monoisotopic (exact) mass is 205 g/mol. The summed E-state index contributed by atoms with van der Waals surface area (Å²) in [6.07, 6.45) is 5.80. The predicted molar refractivity (Wildman–Crippen MR) is 60.7 cm³/mol. The van der Waals surface area contributed by atoms with Gasteiger partial charge in [0.1, 0.15) is 0 Å². The second-order valence-electron chi connectivity index (χ2n) is 3.74. The van der Waals surface area contributed by atoms with Crippen molar-refractivity contribution < 1.29 is 0 Å². The first-order valence-electron chi connectivity index (χ1n) is 5.42. The summed E-state index contributed by atoms with van der Waals surface area (Å²) in [5.74, 6) is 0.859. The Balaban J connectivity index is 1.88. The van der Waals surface area contributed by atoms with Gasteiger partial charge in [-0.05, 0) is 12.5 Å². The van der Waals surface area contributed by atoms with E-state index < -0.39 is 0 Å². The summed E-state index contributed by atoms with van der Waals surface area (Å²) in [5.41, 5.74) is 0. The minimum atomic E-state index is 0.859. The summed E-state index contributed by atoms with van der Waals surface area (Å²) in [4.78, 5) is 13.2. The summed E-state index contributed by atoms with van der Waals surface area (Å²) in [6, 6.07) is 1.85. The highest BCUT2D eigenvalue weighted by Gasteiger charge is 2.17. The fourth-order valence-corrected chi connectivity index (χ4v) is 1.84. The van der Waals surface area contributed by atoms with Crippen LogP contribution in [0.1, 0.15) is 6.92 Å². The Kier molecular flexibility index (Phi) is 3.50. The Morgan fingerprint density at radius 1 is 1.20 bits per heavy atom. The molecule has 0 N–H and O–H groups in total. The Bertz CT molecular complexity index is 280. The molecule has 1 radical (unpaired) electrons. The lowest BCUT2D eigenvalue weighted by Crippen LogP contribution is -2.47. The van der Waals surface area contributed by atoms with Gasteiger partial charge in [0, 0.05) is 45.1 Å². The molecule has 0 aromatic carbocycles. The van der Waals surface area contributed by atoms with Gasteiger partial charge >= 0.3 is 0 Å². The molecular weight excluding hydrogens is 188 g/mol. The third-order valence-electron chi connectivity index (χ3n) is 2.65. The van der Waals surface area contributed by atoms with Crippen molar-refractivity contribution in [1.82, 2.24) is 14.9 Å². The van der Waals surface area contributed by atoms with Crippen molar-refractivity contribution in [3.8, 4) is 0 Å². The van der Waals surface area contributed by atoms with Crippen molar-refractivity contribution in [2.75, 3.05) is 37.6 Å². The molecule has 1 aromatic rings. The largest absolute Gasteiger partial charge is 0.338 e. The molecule has 81 valence electrons. The van der Waals surface area contributed by atoms with Gasteiger partial charge in [0.05, 0.1) is 0 Å². The number of piperazine rings is 1. The molecule has 0 aliphatic carbocycles. The molecule has 1 aromatic heterocycles. The van der Waals surface area contributed by atoms with Gasteiger partial charge < -0.3 is 4.90 Å². The van der Waals surface area contributed by atoms with Crippen LogP contribution in [-0.2, 0) is 0 Å². The van der Waals surface area contributed by atoms with Crippen LogP contribution in [0.2, 0.25) is 0 Å². The lowest BCUT2D eigenvalue weighted by molar-refractivity contribution is 0.275. The van der Waals surface area contributed by atoms with Crippen LogP contribution >= 0.6 is 0 Å². The third-order valence-corrected chi connectivity index (χ3v) is 2.65. The fraction of sp³-hybridized carbons (Fsp3) is 0.545. The lowest BCUT2D eigenvalue weighted by atomic mass is 10.3. The number of hydrogen-bond donors (Lipinski definition) is 0. The van der Waals surface area contributed by atoms with Crippen molar-refractivity contribution in [1.29, 1.82) is 0 Å². The smallest absolute Gasteiger partial charge is 0.225 e. The molecule has 0 bridgehead atoms. The number of hydrogen-bond acceptors (Lipinski definition) is 4. The molecule has 0 amide bonds. The average molecular weight is 205 g/mol. The van der Waals surface area contributed by atoms with E-state index in [2.05, 4.69) is 33.1 Å². The molecule has 4 nitrogen and oxygen atoms in total. The van der Waals surface area contributed by atoms with E-state index in [9.17, 15) is 0 Å². The Hall–Kier alpha value is -1.16. The van der Waals surface area contributed by atoms with Crippen LogP contribution in [-0.4, -0.2) is 47.6 Å². The summed E-state index contributed by atoms with van der Waals surface area (Å²) < 4.78 is 0. The van der Waals surface area contributed by atoms with Crippen LogP contribution in [0.5, 0.6) is 0 Å². The summed E-state index contributed by atoms with van der Waals surface area (Å²) >= 11 is 0. The summed E-state index contributed by atoms with van der Waals surface area (Å²) in [5, 5.41) is 0. The van der Waals surface area contributed by atoms with Gasteiger partial charge in [-0.1, -0.05) is 6.92 Å². The number of anilines is 1. The highest BCUT2D eigenvalue weighted by molar-refractivity contribution is 5.29. The number of nitrogens with zero attached hydrogens (tertiary/aromatic N) is 4.